The average Bonchev–Trinajstić information content (AvgIpc) is 2.41. The van der Waals surface area contributed by atoms with Gasteiger partial charge in [0.25, 0.3) is 0 Å². The Bertz CT molecular complexity index is 744. The number of benzene rings is 1. The summed E-state index contributed by atoms with van der Waals surface area (Å²) < 4.78 is 40.0. The third kappa shape index (κ3) is 2.52. The summed E-state index contributed by atoms with van der Waals surface area (Å²) in [4.78, 5) is 23.5. The predicted octanol–water partition coefficient (Wildman–Crippen LogP) is 2.04. The molecular formula is C13H11F3N2O2. The van der Waals surface area contributed by atoms with Crippen molar-refractivity contribution < 1.29 is 13.2 Å². The summed E-state index contributed by atoms with van der Waals surface area (Å²) in [5, 5.41) is 0. The van der Waals surface area contributed by atoms with E-state index in [1.54, 1.807) is 6.92 Å². The van der Waals surface area contributed by atoms with Gasteiger partial charge in [-0.1, -0.05) is 6.07 Å². The highest BCUT2D eigenvalue weighted by Crippen LogP contribution is 2.29. The molecule has 0 atom stereocenters. The molecule has 0 unspecified atom stereocenters. The number of nitrogens with zero attached hydrogens (tertiary/aromatic N) is 2. The van der Waals surface area contributed by atoms with Crippen LogP contribution in [0.1, 0.15) is 12.5 Å². The molecule has 0 saturated carbocycles. The lowest BCUT2D eigenvalue weighted by Gasteiger charge is -2.11. The summed E-state index contributed by atoms with van der Waals surface area (Å²) in [6.07, 6.45) is -1.86. The summed E-state index contributed by atoms with van der Waals surface area (Å²) in [5.41, 5.74) is -2.52. The number of alkyl halides is 3. The molecule has 7 heteroatoms. The summed E-state index contributed by atoms with van der Waals surface area (Å²) >= 11 is 0. The van der Waals surface area contributed by atoms with E-state index in [9.17, 15) is 22.8 Å². The molecule has 1 aromatic heterocycles. The first-order valence-electron chi connectivity index (χ1n) is 5.84. The molecule has 0 bridgehead atoms. The van der Waals surface area contributed by atoms with Crippen molar-refractivity contribution in [3.8, 4) is 5.69 Å². The van der Waals surface area contributed by atoms with Gasteiger partial charge in [0, 0.05) is 24.6 Å². The van der Waals surface area contributed by atoms with Crippen molar-refractivity contribution in [3.05, 3.63) is 62.9 Å². The van der Waals surface area contributed by atoms with Crippen LogP contribution in [0.3, 0.4) is 0 Å². The largest absolute Gasteiger partial charge is 0.416 e. The molecule has 0 aliphatic heterocycles. The zero-order chi connectivity index (χ0) is 14.9. The maximum absolute atomic E-state index is 12.6. The summed E-state index contributed by atoms with van der Waals surface area (Å²) in [7, 11) is 0. The van der Waals surface area contributed by atoms with Crippen molar-refractivity contribution in [1.82, 2.24) is 9.13 Å². The van der Waals surface area contributed by atoms with Gasteiger partial charge in [-0.2, -0.15) is 13.2 Å². The van der Waals surface area contributed by atoms with Crippen LogP contribution in [-0.2, 0) is 12.7 Å². The monoisotopic (exact) mass is 284 g/mol. The zero-order valence-electron chi connectivity index (χ0n) is 10.5. The van der Waals surface area contributed by atoms with Crippen molar-refractivity contribution >= 4 is 0 Å². The molecule has 0 fully saturated rings. The summed E-state index contributed by atoms with van der Waals surface area (Å²) in [6.45, 7) is 2.01. The van der Waals surface area contributed by atoms with Gasteiger partial charge in [-0.15, -0.1) is 0 Å². The van der Waals surface area contributed by atoms with Gasteiger partial charge in [-0.25, -0.2) is 0 Å². The fourth-order valence-electron chi connectivity index (χ4n) is 1.79. The van der Waals surface area contributed by atoms with Gasteiger partial charge in [0.05, 0.1) is 5.56 Å². The van der Waals surface area contributed by atoms with E-state index in [0.717, 1.165) is 16.7 Å². The molecule has 20 heavy (non-hydrogen) atoms. The Morgan fingerprint density at radius 3 is 2.40 bits per heavy atom. The van der Waals surface area contributed by atoms with E-state index in [2.05, 4.69) is 0 Å². The lowest BCUT2D eigenvalue weighted by atomic mass is 10.2. The van der Waals surface area contributed by atoms with Crippen molar-refractivity contribution in [2.45, 2.75) is 19.6 Å². The fourth-order valence-corrected chi connectivity index (χ4v) is 1.79. The molecule has 2 rings (SSSR count). The van der Waals surface area contributed by atoms with Gasteiger partial charge < -0.3 is 4.57 Å². The second-order valence-electron chi connectivity index (χ2n) is 4.11. The molecule has 2 aromatic rings. The van der Waals surface area contributed by atoms with E-state index in [4.69, 9.17) is 0 Å². The van der Waals surface area contributed by atoms with E-state index in [0.29, 0.717) is 6.54 Å². The van der Waals surface area contributed by atoms with Crippen LogP contribution in [0.5, 0.6) is 0 Å². The van der Waals surface area contributed by atoms with E-state index in [1.807, 2.05) is 0 Å². The molecule has 0 amide bonds. The minimum Gasteiger partial charge on any atom is -0.310 e. The van der Waals surface area contributed by atoms with E-state index >= 15 is 0 Å². The summed E-state index contributed by atoms with van der Waals surface area (Å²) in [6, 6.07) is 4.27. The Hall–Kier alpha value is -2.31. The molecule has 4 nitrogen and oxygen atoms in total. The SMILES string of the molecule is CCn1ccn(-c2cccc(C(F)(F)F)c2)c(=O)c1=O. The lowest BCUT2D eigenvalue weighted by molar-refractivity contribution is -0.137. The standard InChI is InChI=1S/C13H11F3N2O2/c1-2-17-6-7-18(12(20)11(17)19)10-5-3-4-9(8-10)13(14,15)16/h3-8H,2H2,1H3. The third-order valence-electron chi connectivity index (χ3n) is 2.85. The molecule has 1 heterocycles. The Morgan fingerprint density at radius 1 is 1.10 bits per heavy atom. The molecule has 0 spiro atoms. The number of aromatic nitrogens is 2. The van der Waals surface area contributed by atoms with Gasteiger partial charge in [0.15, 0.2) is 0 Å². The quantitative estimate of drug-likeness (QED) is 0.792. The lowest BCUT2D eigenvalue weighted by Crippen LogP contribution is -2.39. The van der Waals surface area contributed by atoms with Crippen LogP contribution in [0, 0.1) is 0 Å². The molecular weight excluding hydrogens is 273 g/mol. The smallest absolute Gasteiger partial charge is 0.310 e. The molecule has 0 aliphatic carbocycles. The number of aryl methyl sites for hydroxylation is 1. The van der Waals surface area contributed by atoms with Gasteiger partial charge >= 0.3 is 17.3 Å². The van der Waals surface area contributed by atoms with Gasteiger partial charge in [0.2, 0.25) is 0 Å². The maximum atomic E-state index is 12.6. The summed E-state index contributed by atoms with van der Waals surface area (Å²) in [5.74, 6) is 0. The predicted molar refractivity (Wildman–Crippen MR) is 67.0 cm³/mol. The first-order chi connectivity index (χ1) is 9.34. The van der Waals surface area contributed by atoms with Crippen molar-refractivity contribution in [2.75, 3.05) is 0 Å². The number of hydrogen-bond acceptors (Lipinski definition) is 2. The fraction of sp³-hybridized carbons (Fsp3) is 0.231. The molecule has 0 saturated heterocycles. The maximum Gasteiger partial charge on any atom is 0.416 e. The minimum atomic E-state index is -4.50. The van der Waals surface area contributed by atoms with Crippen LogP contribution in [0.25, 0.3) is 5.69 Å². The van der Waals surface area contributed by atoms with Gasteiger partial charge in [-0.05, 0) is 25.1 Å². The van der Waals surface area contributed by atoms with Crippen LogP contribution in [0.2, 0.25) is 0 Å². The molecule has 0 aliphatic rings. The highest BCUT2D eigenvalue weighted by atomic mass is 19.4. The molecule has 106 valence electrons. The second kappa shape index (κ2) is 4.99. The topological polar surface area (TPSA) is 44.0 Å². The van der Waals surface area contributed by atoms with Crippen LogP contribution in [-0.4, -0.2) is 9.13 Å². The van der Waals surface area contributed by atoms with E-state index in [-0.39, 0.29) is 5.69 Å². The Labute approximate surface area is 111 Å². The Kier molecular flexibility index (Phi) is 3.52. The van der Waals surface area contributed by atoms with Crippen LogP contribution < -0.4 is 11.1 Å². The van der Waals surface area contributed by atoms with E-state index in [1.165, 1.54) is 29.1 Å². The van der Waals surface area contributed by atoms with Crippen LogP contribution >= 0.6 is 0 Å². The van der Waals surface area contributed by atoms with Crippen molar-refractivity contribution in [1.29, 1.82) is 0 Å². The third-order valence-corrected chi connectivity index (χ3v) is 2.85. The molecule has 0 N–H and O–H groups in total. The van der Waals surface area contributed by atoms with Gasteiger partial charge in [0.1, 0.15) is 0 Å². The Morgan fingerprint density at radius 2 is 1.80 bits per heavy atom. The van der Waals surface area contributed by atoms with Crippen molar-refractivity contribution in [3.63, 3.8) is 0 Å². The second-order valence-corrected chi connectivity index (χ2v) is 4.11. The normalized spacial score (nSPS) is 11.6. The van der Waals surface area contributed by atoms with E-state index < -0.39 is 22.9 Å². The average molecular weight is 284 g/mol. The van der Waals surface area contributed by atoms with Crippen LogP contribution in [0.4, 0.5) is 13.2 Å². The minimum absolute atomic E-state index is 0.00479. The van der Waals surface area contributed by atoms with Gasteiger partial charge in [-0.3, -0.25) is 14.2 Å². The Balaban J connectivity index is 2.62. The highest BCUT2D eigenvalue weighted by Gasteiger charge is 2.30. The van der Waals surface area contributed by atoms with Crippen molar-refractivity contribution in [2.24, 2.45) is 0 Å². The first-order valence-corrected chi connectivity index (χ1v) is 5.84. The molecule has 0 radical (unpaired) electrons. The molecule has 1 aromatic carbocycles. The number of hydrogen-bond donors (Lipinski definition) is 0. The highest BCUT2D eigenvalue weighted by molar-refractivity contribution is 5.37. The number of halogens is 3. The first kappa shape index (κ1) is 14.1. The van der Waals surface area contributed by atoms with Crippen LogP contribution in [0.15, 0.2) is 46.2 Å². The number of rotatable bonds is 2. The zero-order valence-corrected chi connectivity index (χ0v) is 10.5.